The number of aryl methyl sites for hydroxylation is 1. The molecule has 0 bridgehead atoms. The van der Waals surface area contributed by atoms with Gasteiger partial charge in [-0.25, -0.2) is 4.98 Å². The maximum Gasteiger partial charge on any atom is 0.230 e. The molecule has 26 heavy (non-hydrogen) atoms. The number of amides is 1. The van der Waals surface area contributed by atoms with Crippen LogP contribution in [0.1, 0.15) is 25.1 Å². The van der Waals surface area contributed by atoms with Gasteiger partial charge in [0.15, 0.2) is 9.47 Å². The maximum atomic E-state index is 12.2. The number of carbonyl (C=O) groups is 1. The van der Waals surface area contributed by atoms with E-state index in [9.17, 15) is 4.79 Å². The number of rotatable bonds is 7. The van der Waals surface area contributed by atoms with E-state index in [-0.39, 0.29) is 5.91 Å². The molecule has 0 aliphatic rings. The van der Waals surface area contributed by atoms with Gasteiger partial charge in [-0.15, -0.1) is 21.5 Å². The van der Waals surface area contributed by atoms with Gasteiger partial charge in [0.25, 0.3) is 0 Å². The second-order valence-electron chi connectivity index (χ2n) is 5.41. The number of aromatic nitrogens is 3. The lowest BCUT2D eigenvalue weighted by molar-refractivity contribution is -0.115. The first-order valence-electron chi connectivity index (χ1n) is 8.08. The third-order valence-corrected chi connectivity index (χ3v) is 6.59. The minimum atomic E-state index is -0.0504. The predicted molar refractivity (Wildman–Crippen MR) is 110 cm³/mol. The standard InChI is InChI=1S/C17H19N5OS3/c1-4-12-5-7-14(8-6-12)22(11(2)23)16-19-13(9-24-16)10-25-17-21-20-15(18-3)26-17/h5-9H,4,10H2,1-3H3,(H,18,20). The first kappa shape index (κ1) is 18.8. The summed E-state index contributed by atoms with van der Waals surface area (Å²) in [4.78, 5) is 18.5. The van der Waals surface area contributed by atoms with Crippen LogP contribution in [0.25, 0.3) is 0 Å². The lowest BCUT2D eigenvalue weighted by Gasteiger charge is -2.18. The van der Waals surface area contributed by atoms with Crippen molar-refractivity contribution in [3.8, 4) is 0 Å². The van der Waals surface area contributed by atoms with Crippen molar-refractivity contribution in [2.24, 2.45) is 0 Å². The van der Waals surface area contributed by atoms with Crippen molar-refractivity contribution in [3.63, 3.8) is 0 Å². The summed E-state index contributed by atoms with van der Waals surface area (Å²) in [5.41, 5.74) is 3.00. The summed E-state index contributed by atoms with van der Waals surface area (Å²) in [6.07, 6.45) is 0.972. The van der Waals surface area contributed by atoms with Crippen LogP contribution in [0.5, 0.6) is 0 Å². The van der Waals surface area contributed by atoms with Crippen molar-refractivity contribution in [1.82, 2.24) is 15.2 Å². The summed E-state index contributed by atoms with van der Waals surface area (Å²) in [7, 11) is 1.82. The van der Waals surface area contributed by atoms with Crippen LogP contribution in [0.15, 0.2) is 34.0 Å². The molecule has 1 aromatic carbocycles. The Bertz CT molecular complexity index is 875. The molecular formula is C17H19N5OS3. The van der Waals surface area contributed by atoms with E-state index in [0.717, 1.165) is 27.3 Å². The van der Waals surface area contributed by atoms with Crippen LogP contribution in [-0.4, -0.2) is 28.1 Å². The monoisotopic (exact) mass is 405 g/mol. The van der Waals surface area contributed by atoms with Crippen molar-refractivity contribution in [1.29, 1.82) is 0 Å². The van der Waals surface area contributed by atoms with E-state index >= 15 is 0 Å². The number of carbonyl (C=O) groups excluding carboxylic acids is 1. The molecular weight excluding hydrogens is 386 g/mol. The Balaban J connectivity index is 1.73. The summed E-state index contributed by atoms with van der Waals surface area (Å²) >= 11 is 4.57. The van der Waals surface area contributed by atoms with Gasteiger partial charge in [-0.3, -0.25) is 9.69 Å². The molecule has 1 amide bonds. The fourth-order valence-electron chi connectivity index (χ4n) is 2.28. The zero-order chi connectivity index (χ0) is 18.5. The highest BCUT2D eigenvalue weighted by Crippen LogP contribution is 2.32. The quantitative estimate of drug-likeness (QED) is 0.580. The van der Waals surface area contributed by atoms with Gasteiger partial charge >= 0.3 is 0 Å². The summed E-state index contributed by atoms with van der Waals surface area (Å²) in [5, 5.41) is 14.6. The Labute approximate surface area is 164 Å². The molecule has 2 heterocycles. The van der Waals surface area contributed by atoms with Crippen LogP contribution in [0.4, 0.5) is 16.0 Å². The second-order valence-corrected chi connectivity index (χ2v) is 8.44. The van der Waals surface area contributed by atoms with Gasteiger partial charge in [0.2, 0.25) is 11.0 Å². The number of nitrogens with one attached hydrogen (secondary N) is 1. The van der Waals surface area contributed by atoms with Crippen LogP contribution in [0.2, 0.25) is 0 Å². The lowest BCUT2D eigenvalue weighted by atomic mass is 10.1. The van der Waals surface area contributed by atoms with E-state index in [1.165, 1.54) is 28.2 Å². The highest BCUT2D eigenvalue weighted by Gasteiger charge is 2.18. The fourth-order valence-corrected chi connectivity index (χ4v) is 4.87. The Morgan fingerprint density at radius 3 is 2.65 bits per heavy atom. The SMILES string of the molecule is CCc1ccc(N(C(C)=O)c2nc(CSc3nnc(NC)s3)cs2)cc1. The van der Waals surface area contributed by atoms with Crippen LogP contribution in [-0.2, 0) is 17.0 Å². The summed E-state index contributed by atoms with van der Waals surface area (Å²) < 4.78 is 0.891. The molecule has 1 N–H and O–H groups in total. The number of benzene rings is 1. The molecule has 0 saturated heterocycles. The summed E-state index contributed by atoms with van der Waals surface area (Å²) in [6.45, 7) is 3.67. The van der Waals surface area contributed by atoms with E-state index in [2.05, 4.69) is 27.4 Å². The molecule has 9 heteroatoms. The van der Waals surface area contributed by atoms with Gasteiger partial charge in [0, 0.05) is 25.1 Å². The van der Waals surface area contributed by atoms with Crippen LogP contribution >= 0.6 is 34.4 Å². The molecule has 3 rings (SSSR count). The van der Waals surface area contributed by atoms with Gasteiger partial charge in [0.1, 0.15) is 0 Å². The molecule has 6 nitrogen and oxygen atoms in total. The average Bonchev–Trinajstić information content (AvgIpc) is 3.29. The number of thiazole rings is 1. The second kappa shape index (κ2) is 8.61. The molecule has 3 aromatic rings. The lowest BCUT2D eigenvalue weighted by Crippen LogP contribution is -2.22. The Kier molecular flexibility index (Phi) is 6.23. The Morgan fingerprint density at radius 2 is 2.04 bits per heavy atom. The topological polar surface area (TPSA) is 71.0 Å². The van der Waals surface area contributed by atoms with Gasteiger partial charge < -0.3 is 5.32 Å². The Hall–Kier alpha value is -1.97. The van der Waals surface area contributed by atoms with Gasteiger partial charge in [-0.05, 0) is 24.1 Å². The van der Waals surface area contributed by atoms with Crippen molar-refractivity contribution in [3.05, 3.63) is 40.9 Å². The zero-order valence-corrected chi connectivity index (χ0v) is 17.2. The molecule has 0 radical (unpaired) electrons. The maximum absolute atomic E-state index is 12.2. The number of hydrogen-bond donors (Lipinski definition) is 1. The van der Waals surface area contributed by atoms with Crippen LogP contribution < -0.4 is 10.2 Å². The Morgan fingerprint density at radius 1 is 1.27 bits per heavy atom. The van der Waals surface area contributed by atoms with Crippen molar-refractivity contribution in [2.75, 3.05) is 17.3 Å². The van der Waals surface area contributed by atoms with Crippen molar-refractivity contribution < 1.29 is 4.79 Å². The predicted octanol–water partition coefficient (Wildman–Crippen LogP) is 4.58. The van der Waals surface area contributed by atoms with Gasteiger partial charge in [-0.2, -0.15) is 0 Å². The normalized spacial score (nSPS) is 10.7. The average molecular weight is 406 g/mol. The van der Waals surface area contributed by atoms with Crippen LogP contribution in [0, 0.1) is 0 Å². The van der Waals surface area contributed by atoms with Gasteiger partial charge in [-0.1, -0.05) is 42.2 Å². The molecule has 2 aromatic heterocycles. The molecule has 136 valence electrons. The molecule has 0 atom stereocenters. The molecule has 0 aliphatic heterocycles. The van der Waals surface area contributed by atoms with Crippen LogP contribution in [0.3, 0.4) is 0 Å². The highest BCUT2D eigenvalue weighted by atomic mass is 32.2. The number of nitrogens with zero attached hydrogens (tertiary/aromatic N) is 4. The zero-order valence-electron chi connectivity index (χ0n) is 14.7. The van der Waals surface area contributed by atoms with E-state index in [1.54, 1.807) is 23.6 Å². The fraction of sp³-hybridized carbons (Fsp3) is 0.294. The third-order valence-electron chi connectivity index (χ3n) is 3.61. The first-order chi connectivity index (χ1) is 12.6. The van der Waals surface area contributed by atoms with E-state index < -0.39 is 0 Å². The van der Waals surface area contributed by atoms with Crippen molar-refractivity contribution in [2.45, 2.75) is 30.4 Å². The molecule has 0 aliphatic carbocycles. The van der Waals surface area contributed by atoms with Gasteiger partial charge in [0.05, 0.1) is 11.4 Å². The van der Waals surface area contributed by atoms with Crippen molar-refractivity contribution >= 4 is 56.3 Å². The molecule has 0 saturated carbocycles. The summed E-state index contributed by atoms with van der Waals surface area (Å²) in [6, 6.07) is 8.03. The molecule has 0 unspecified atom stereocenters. The minimum Gasteiger partial charge on any atom is -0.363 e. The first-order valence-corrected chi connectivity index (χ1v) is 10.8. The number of anilines is 3. The smallest absolute Gasteiger partial charge is 0.230 e. The largest absolute Gasteiger partial charge is 0.363 e. The van der Waals surface area contributed by atoms with E-state index in [0.29, 0.717) is 10.9 Å². The third kappa shape index (κ3) is 4.40. The number of thioether (sulfide) groups is 1. The molecule has 0 spiro atoms. The van der Waals surface area contributed by atoms with E-state index in [4.69, 9.17) is 0 Å². The molecule has 0 fully saturated rings. The minimum absolute atomic E-state index is 0.0504. The highest BCUT2D eigenvalue weighted by molar-refractivity contribution is 8.00. The number of hydrogen-bond acceptors (Lipinski definition) is 8. The van der Waals surface area contributed by atoms with E-state index in [1.807, 2.05) is 36.7 Å². The summed E-state index contributed by atoms with van der Waals surface area (Å²) in [5.74, 6) is 0.639.